The van der Waals surface area contributed by atoms with E-state index < -0.39 is 5.84 Å². The first-order valence-electron chi connectivity index (χ1n) is 5.68. The number of nitrogens with one attached hydrogen (secondary N) is 2. The molecular formula is C12H13Cl2N5O2. The number of nitrogens with two attached hydrogens (primary N) is 1. The monoisotopic (exact) mass is 329 g/mol. The summed E-state index contributed by atoms with van der Waals surface area (Å²) in [5.74, 6) is -0.0659. The van der Waals surface area contributed by atoms with Crippen LogP contribution in [0.15, 0.2) is 17.2 Å². The number of hydrazone groups is 1. The summed E-state index contributed by atoms with van der Waals surface area (Å²) in [7, 11) is 1.56. The Morgan fingerprint density at radius 2 is 2.14 bits per heavy atom. The van der Waals surface area contributed by atoms with Crippen molar-refractivity contribution in [2.75, 3.05) is 25.7 Å². The fourth-order valence-corrected chi connectivity index (χ4v) is 1.70. The predicted octanol–water partition coefficient (Wildman–Crippen LogP) is 2.25. The molecule has 0 fully saturated rings. The van der Waals surface area contributed by atoms with Crippen molar-refractivity contribution in [3.8, 4) is 11.8 Å². The van der Waals surface area contributed by atoms with Gasteiger partial charge < -0.3 is 15.2 Å². The first-order valence-corrected chi connectivity index (χ1v) is 6.44. The summed E-state index contributed by atoms with van der Waals surface area (Å²) in [6.07, 6.45) is 0. The third-order valence-electron chi connectivity index (χ3n) is 2.22. The number of amidine groups is 1. The number of anilines is 1. The highest BCUT2D eigenvalue weighted by atomic mass is 35.5. The Morgan fingerprint density at radius 3 is 2.71 bits per heavy atom. The van der Waals surface area contributed by atoms with Gasteiger partial charge in [0.25, 0.3) is 0 Å². The van der Waals surface area contributed by atoms with E-state index in [1.165, 1.54) is 12.1 Å². The van der Waals surface area contributed by atoms with Gasteiger partial charge in [0.15, 0.2) is 5.84 Å². The van der Waals surface area contributed by atoms with Gasteiger partial charge in [-0.15, -0.1) is 0 Å². The molecule has 0 radical (unpaired) electrons. The van der Waals surface area contributed by atoms with Gasteiger partial charge in [-0.05, 0) is 6.07 Å². The Hall–Kier alpha value is -2.01. The molecule has 0 saturated heterocycles. The zero-order valence-corrected chi connectivity index (χ0v) is 12.6. The molecule has 0 aliphatic carbocycles. The van der Waals surface area contributed by atoms with E-state index in [0.717, 1.165) is 0 Å². The first-order chi connectivity index (χ1) is 9.99. The van der Waals surface area contributed by atoms with Crippen LogP contribution in [-0.2, 0) is 4.74 Å². The van der Waals surface area contributed by atoms with Crippen LogP contribution < -0.4 is 15.9 Å². The maximum Gasteiger partial charge on any atom is 0.201 e. The van der Waals surface area contributed by atoms with E-state index >= 15 is 0 Å². The minimum Gasteiger partial charge on any atom is -0.490 e. The summed E-state index contributed by atoms with van der Waals surface area (Å²) in [4.78, 5) is 0. The minimum atomic E-state index is -0.452. The minimum absolute atomic E-state index is 0.261. The van der Waals surface area contributed by atoms with E-state index in [4.69, 9.17) is 49.1 Å². The summed E-state index contributed by atoms with van der Waals surface area (Å²) in [6.45, 7) is 0.722. The van der Waals surface area contributed by atoms with Gasteiger partial charge >= 0.3 is 0 Å². The van der Waals surface area contributed by atoms with Crippen molar-refractivity contribution in [2.45, 2.75) is 0 Å². The second kappa shape index (κ2) is 8.32. The lowest BCUT2D eigenvalue weighted by molar-refractivity contribution is 0.146. The molecule has 7 nitrogen and oxygen atoms in total. The lowest BCUT2D eigenvalue weighted by Gasteiger charge is -2.11. The normalized spacial score (nSPS) is 10.9. The highest BCUT2D eigenvalue weighted by molar-refractivity contribution is 6.46. The first kappa shape index (κ1) is 17.0. The van der Waals surface area contributed by atoms with Gasteiger partial charge in [0.2, 0.25) is 5.71 Å². The number of rotatable bonds is 7. The van der Waals surface area contributed by atoms with Gasteiger partial charge in [-0.1, -0.05) is 23.2 Å². The van der Waals surface area contributed by atoms with E-state index in [9.17, 15) is 0 Å². The highest BCUT2D eigenvalue weighted by Crippen LogP contribution is 2.34. The largest absolute Gasteiger partial charge is 0.490 e. The van der Waals surface area contributed by atoms with Crippen LogP contribution in [0.25, 0.3) is 0 Å². The Morgan fingerprint density at radius 1 is 1.43 bits per heavy atom. The van der Waals surface area contributed by atoms with Gasteiger partial charge in [-0.2, -0.15) is 10.4 Å². The second-order valence-electron chi connectivity index (χ2n) is 3.70. The molecule has 0 aliphatic heterocycles. The number of ether oxygens (including phenoxy) is 2. The third kappa shape index (κ3) is 5.11. The van der Waals surface area contributed by atoms with Gasteiger partial charge in [0, 0.05) is 13.2 Å². The molecule has 21 heavy (non-hydrogen) atoms. The molecule has 0 amide bonds. The van der Waals surface area contributed by atoms with E-state index in [1.54, 1.807) is 13.2 Å². The van der Waals surface area contributed by atoms with Gasteiger partial charge in [0.05, 0.1) is 22.3 Å². The number of hydrogen-bond donors (Lipinski definition) is 3. The maximum atomic E-state index is 8.75. The van der Waals surface area contributed by atoms with Gasteiger partial charge in [0.1, 0.15) is 18.4 Å². The number of methoxy groups -OCH3 is 1. The fourth-order valence-electron chi connectivity index (χ4n) is 1.22. The predicted molar refractivity (Wildman–Crippen MR) is 82.4 cm³/mol. The molecule has 1 aromatic carbocycles. The highest BCUT2D eigenvalue weighted by Gasteiger charge is 2.09. The number of benzene rings is 1. The molecule has 0 atom stereocenters. The molecule has 1 rings (SSSR count). The van der Waals surface area contributed by atoms with E-state index in [2.05, 4.69) is 10.5 Å². The molecule has 0 bridgehead atoms. The van der Waals surface area contributed by atoms with E-state index in [0.29, 0.717) is 29.7 Å². The molecular weight excluding hydrogens is 317 g/mol. The average molecular weight is 330 g/mol. The summed E-state index contributed by atoms with van der Waals surface area (Å²) < 4.78 is 10.3. The van der Waals surface area contributed by atoms with Crippen LogP contribution in [0.2, 0.25) is 10.0 Å². The van der Waals surface area contributed by atoms with Crippen LogP contribution in [-0.4, -0.2) is 31.9 Å². The lowest BCUT2D eigenvalue weighted by atomic mass is 10.3. The smallest absolute Gasteiger partial charge is 0.201 e. The zero-order chi connectivity index (χ0) is 15.8. The second-order valence-corrected chi connectivity index (χ2v) is 4.52. The lowest BCUT2D eigenvalue weighted by Crippen LogP contribution is -2.21. The Kier molecular flexibility index (Phi) is 6.75. The molecule has 1 aromatic rings. The van der Waals surface area contributed by atoms with E-state index in [-0.39, 0.29) is 10.7 Å². The average Bonchev–Trinajstić information content (AvgIpc) is 2.43. The number of hydrogen-bond acceptors (Lipinski definition) is 6. The van der Waals surface area contributed by atoms with Crippen molar-refractivity contribution < 1.29 is 9.47 Å². The summed E-state index contributed by atoms with van der Waals surface area (Å²) in [5.41, 5.74) is 7.83. The molecule has 4 N–H and O–H groups in total. The van der Waals surface area contributed by atoms with Gasteiger partial charge in [-0.25, -0.2) is 0 Å². The summed E-state index contributed by atoms with van der Waals surface area (Å²) in [5, 5.41) is 20.2. The molecule has 112 valence electrons. The SMILES string of the molecule is COCCOc1cc(N/N=C(\C#N)C(=N)N)c(Cl)cc1Cl. The number of nitriles is 1. The van der Waals surface area contributed by atoms with Crippen LogP contribution in [0.5, 0.6) is 5.75 Å². The van der Waals surface area contributed by atoms with Crippen molar-refractivity contribution in [2.24, 2.45) is 10.8 Å². The van der Waals surface area contributed by atoms with E-state index in [1.807, 2.05) is 0 Å². The molecule has 0 aromatic heterocycles. The van der Waals surface area contributed by atoms with Crippen LogP contribution in [0, 0.1) is 16.7 Å². The number of nitrogens with zero attached hydrogens (tertiary/aromatic N) is 2. The third-order valence-corrected chi connectivity index (χ3v) is 2.82. The molecule has 0 heterocycles. The van der Waals surface area contributed by atoms with Crippen LogP contribution >= 0.6 is 23.2 Å². The standard InChI is InChI=1S/C12H13Cl2N5O2/c1-20-2-3-21-11-5-9(7(13)4-8(11)14)18-19-10(6-15)12(16)17/h4-5,18H,2-3H2,1H3,(H3,16,17)/b19-10+. The van der Waals surface area contributed by atoms with Crippen molar-refractivity contribution in [3.05, 3.63) is 22.2 Å². The molecule has 0 spiro atoms. The van der Waals surface area contributed by atoms with Crippen molar-refractivity contribution in [1.29, 1.82) is 10.7 Å². The molecule has 0 unspecified atom stereocenters. The quantitative estimate of drug-likeness (QED) is 0.307. The zero-order valence-electron chi connectivity index (χ0n) is 11.1. The van der Waals surface area contributed by atoms with Crippen molar-refractivity contribution in [1.82, 2.24) is 0 Å². The van der Waals surface area contributed by atoms with Crippen LogP contribution in [0.3, 0.4) is 0 Å². The molecule has 9 heteroatoms. The van der Waals surface area contributed by atoms with Crippen molar-refractivity contribution >= 4 is 40.4 Å². The maximum absolute atomic E-state index is 8.75. The topological polar surface area (TPSA) is 117 Å². The van der Waals surface area contributed by atoms with Crippen molar-refractivity contribution in [3.63, 3.8) is 0 Å². The fraction of sp³-hybridized carbons (Fsp3) is 0.250. The summed E-state index contributed by atoms with van der Waals surface area (Å²) in [6, 6.07) is 4.68. The Balaban J connectivity index is 2.94. The molecule has 0 aliphatic rings. The Bertz CT molecular complexity index is 598. The summed E-state index contributed by atoms with van der Waals surface area (Å²) >= 11 is 12.0. The van der Waals surface area contributed by atoms with Crippen LogP contribution in [0.1, 0.15) is 0 Å². The number of halogens is 2. The Labute approximate surface area is 131 Å². The van der Waals surface area contributed by atoms with Crippen LogP contribution in [0.4, 0.5) is 5.69 Å². The molecule has 0 saturated carbocycles. The van der Waals surface area contributed by atoms with Gasteiger partial charge in [-0.3, -0.25) is 10.8 Å².